The van der Waals surface area contributed by atoms with Crippen molar-refractivity contribution in [3.05, 3.63) is 6.33 Å². The molecule has 0 spiro atoms. The molecule has 0 aromatic carbocycles. The summed E-state index contributed by atoms with van der Waals surface area (Å²) in [6, 6.07) is 0. The average molecular weight is 237 g/mol. The fourth-order valence-corrected chi connectivity index (χ4v) is 1.77. The lowest BCUT2D eigenvalue weighted by atomic mass is 10.3. The molecule has 7 heteroatoms. The molecular weight excluding hydrogens is 222 g/mol. The van der Waals surface area contributed by atoms with Gasteiger partial charge in [0.25, 0.3) is 0 Å². The van der Waals surface area contributed by atoms with Crippen molar-refractivity contribution in [1.82, 2.24) is 15.3 Å². The minimum Gasteiger partial charge on any atom is -0.479 e. The maximum Gasteiger partial charge on any atom is 0.242 e. The molecule has 0 aliphatic carbocycles. The van der Waals surface area contributed by atoms with Crippen molar-refractivity contribution in [2.75, 3.05) is 37.4 Å². The fraction of sp³-hybridized carbons (Fsp3) is 0.500. The Morgan fingerprint density at radius 2 is 2.35 bits per heavy atom. The topological polar surface area (TPSA) is 93.4 Å². The summed E-state index contributed by atoms with van der Waals surface area (Å²) in [6.45, 7) is 1.66. The zero-order valence-electron chi connectivity index (χ0n) is 9.64. The highest BCUT2D eigenvalue weighted by Crippen LogP contribution is 2.27. The standard InChI is InChI=1S/C10H15N5O2/c1-17-10-8(11)9(13-6-14-10)15-4-2-3-12-7(16)5-15/h6H,2-5,11H2,1H3,(H,12,16). The molecule has 0 bridgehead atoms. The smallest absolute Gasteiger partial charge is 0.242 e. The van der Waals surface area contributed by atoms with E-state index >= 15 is 0 Å². The summed E-state index contributed by atoms with van der Waals surface area (Å²) in [6.07, 6.45) is 2.24. The number of methoxy groups -OCH3 is 1. The first-order chi connectivity index (χ1) is 8.22. The quantitative estimate of drug-likeness (QED) is 0.713. The Balaban J connectivity index is 2.29. The van der Waals surface area contributed by atoms with Gasteiger partial charge >= 0.3 is 0 Å². The summed E-state index contributed by atoms with van der Waals surface area (Å²) in [4.78, 5) is 21.3. The molecule has 92 valence electrons. The Bertz CT molecular complexity index is 423. The fourth-order valence-electron chi connectivity index (χ4n) is 1.77. The zero-order valence-corrected chi connectivity index (χ0v) is 9.64. The molecule has 0 radical (unpaired) electrons. The highest BCUT2D eigenvalue weighted by molar-refractivity contribution is 5.83. The molecule has 1 amide bonds. The molecule has 0 saturated carbocycles. The SMILES string of the molecule is COc1ncnc(N2CCCNC(=O)C2)c1N. The molecule has 1 aliphatic heterocycles. The lowest BCUT2D eigenvalue weighted by molar-refractivity contribution is -0.119. The van der Waals surface area contributed by atoms with Crippen LogP contribution >= 0.6 is 0 Å². The first-order valence-electron chi connectivity index (χ1n) is 5.38. The van der Waals surface area contributed by atoms with Crippen molar-refractivity contribution in [2.45, 2.75) is 6.42 Å². The minimum atomic E-state index is -0.0283. The predicted octanol–water partition coefficient (Wildman–Crippen LogP) is -0.606. The van der Waals surface area contributed by atoms with Crippen LogP contribution in [-0.2, 0) is 4.79 Å². The second kappa shape index (κ2) is 4.86. The number of carbonyl (C=O) groups is 1. The Labute approximate surface area is 99.0 Å². The third kappa shape index (κ3) is 2.38. The van der Waals surface area contributed by atoms with E-state index in [0.29, 0.717) is 23.9 Å². The predicted molar refractivity (Wildman–Crippen MR) is 62.8 cm³/mol. The van der Waals surface area contributed by atoms with Gasteiger partial charge in [-0.25, -0.2) is 4.98 Å². The summed E-state index contributed by atoms with van der Waals surface area (Å²) in [5.74, 6) is 0.855. The van der Waals surface area contributed by atoms with E-state index in [1.54, 1.807) is 0 Å². The van der Waals surface area contributed by atoms with Gasteiger partial charge < -0.3 is 20.7 Å². The Morgan fingerprint density at radius 1 is 1.53 bits per heavy atom. The van der Waals surface area contributed by atoms with E-state index in [1.165, 1.54) is 13.4 Å². The number of nitrogens with zero attached hydrogens (tertiary/aromatic N) is 3. The van der Waals surface area contributed by atoms with Gasteiger partial charge in [0.2, 0.25) is 11.8 Å². The molecule has 1 saturated heterocycles. The third-order valence-electron chi connectivity index (χ3n) is 2.58. The maximum atomic E-state index is 11.5. The van der Waals surface area contributed by atoms with Crippen molar-refractivity contribution >= 4 is 17.4 Å². The lowest BCUT2D eigenvalue weighted by Gasteiger charge is -2.21. The average Bonchev–Trinajstić information content (AvgIpc) is 2.54. The molecule has 0 atom stereocenters. The van der Waals surface area contributed by atoms with Crippen molar-refractivity contribution in [3.8, 4) is 5.88 Å². The molecule has 0 unspecified atom stereocenters. The number of amides is 1. The summed E-state index contributed by atoms with van der Waals surface area (Å²) < 4.78 is 5.03. The second-order valence-corrected chi connectivity index (χ2v) is 3.75. The van der Waals surface area contributed by atoms with Gasteiger partial charge in [-0.2, -0.15) is 4.98 Å². The van der Waals surface area contributed by atoms with Crippen molar-refractivity contribution in [1.29, 1.82) is 0 Å². The van der Waals surface area contributed by atoms with Gasteiger partial charge in [-0.1, -0.05) is 0 Å². The van der Waals surface area contributed by atoms with Crippen LogP contribution in [0.3, 0.4) is 0 Å². The summed E-state index contributed by atoms with van der Waals surface area (Å²) in [5.41, 5.74) is 6.26. The molecular formula is C10H15N5O2. The number of nitrogens with one attached hydrogen (secondary N) is 1. The summed E-state index contributed by atoms with van der Waals surface area (Å²) >= 11 is 0. The number of nitrogen functional groups attached to an aromatic ring is 1. The van der Waals surface area contributed by atoms with E-state index in [9.17, 15) is 4.79 Å². The van der Waals surface area contributed by atoms with Gasteiger partial charge in [-0.3, -0.25) is 4.79 Å². The van der Waals surface area contributed by atoms with E-state index in [4.69, 9.17) is 10.5 Å². The second-order valence-electron chi connectivity index (χ2n) is 3.75. The number of anilines is 2. The van der Waals surface area contributed by atoms with E-state index in [2.05, 4.69) is 15.3 Å². The molecule has 17 heavy (non-hydrogen) atoms. The Kier molecular flexibility index (Phi) is 3.27. The van der Waals surface area contributed by atoms with Gasteiger partial charge in [0.1, 0.15) is 12.0 Å². The van der Waals surface area contributed by atoms with Gasteiger partial charge in [-0.15, -0.1) is 0 Å². The Hall–Kier alpha value is -2.05. The van der Waals surface area contributed by atoms with Crippen LogP contribution in [0.2, 0.25) is 0 Å². The van der Waals surface area contributed by atoms with Gasteiger partial charge in [-0.05, 0) is 6.42 Å². The largest absolute Gasteiger partial charge is 0.479 e. The van der Waals surface area contributed by atoms with E-state index in [1.807, 2.05) is 4.90 Å². The monoisotopic (exact) mass is 237 g/mol. The minimum absolute atomic E-state index is 0.0283. The normalized spacial score (nSPS) is 16.3. The molecule has 2 rings (SSSR count). The van der Waals surface area contributed by atoms with Crippen LogP contribution < -0.4 is 20.7 Å². The van der Waals surface area contributed by atoms with Crippen LogP contribution in [0.25, 0.3) is 0 Å². The van der Waals surface area contributed by atoms with Gasteiger partial charge in [0.15, 0.2) is 5.82 Å². The number of aromatic nitrogens is 2. The highest BCUT2D eigenvalue weighted by Gasteiger charge is 2.20. The van der Waals surface area contributed by atoms with Crippen molar-refractivity contribution in [3.63, 3.8) is 0 Å². The van der Waals surface area contributed by atoms with E-state index < -0.39 is 0 Å². The number of hydrogen-bond acceptors (Lipinski definition) is 6. The molecule has 7 nitrogen and oxygen atoms in total. The van der Waals surface area contributed by atoms with Crippen molar-refractivity contribution < 1.29 is 9.53 Å². The number of nitrogens with two attached hydrogens (primary N) is 1. The third-order valence-corrected chi connectivity index (χ3v) is 2.58. The molecule has 1 fully saturated rings. The molecule has 1 aromatic rings. The number of rotatable bonds is 2. The highest BCUT2D eigenvalue weighted by atomic mass is 16.5. The van der Waals surface area contributed by atoms with Crippen LogP contribution in [0.1, 0.15) is 6.42 Å². The molecule has 1 aromatic heterocycles. The maximum absolute atomic E-state index is 11.5. The van der Waals surface area contributed by atoms with E-state index in [0.717, 1.165) is 13.0 Å². The van der Waals surface area contributed by atoms with Crippen LogP contribution in [0, 0.1) is 0 Å². The zero-order chi connectivity index (χ0) is 12.3. The number of carbonyl (C=O) groups excluding carboxylic acids is 1. The van der Waals surface area contributed by atoms with Gasteiger partial charge in [0, 0.05) is 13.1 Å². The van der Waals surface area contributed by atoms with Crippen LogP contribution in [0.4, 0.5) is 11.5 Å². The number of ether oxygens (including phenoxy) is 1. The van der Waals surface area contributed by atoms with Crippen LogP contribution in [0.15, 0.2) is 6.33 Å². The first kappa shape index (κ1) is 11.4. The van der Waals surface area contributed by atoms with Gasteiger partial charge in [0.05, 0.1) is 13.7 Å². The number of hydrogen-bond donors (Lipinski definition) is 2. The Morgan fingerprint density at radius 3 is 3.12 bits per heavy atom. The first-order valence-corrected chi connectivity index (χ1v) is 5.38. The summed E-state index contributed by atoms with van der Waals surface area (Å²) in [5, 5.41) is 2.80. The van der Waals surface area contributed by atoms with Crippen LogP contribution in [0.5, 0.6) is 5.88 Å². The van der Waals surface area contributed by atoms with Crippen molar-refractivity contribution in [2.24, 2.45) is 0 Å². The summed E-state index contributed by atoms with van der Waals surface area (Å²) in [7, 11) is 1.50. The molecule has 2 heterocycles. The van der Waals surface area contributed by atoms with E-state index in [-0.39, 0.29) is 12.5 Å². The van der Waals surface area contributed by atoms with Crippen LogP contribution in [-0.4, -0.2) is 42.6 Å². The lowest BCUT2D eigenvalue weighted by Crippen LogP contribution is -2.34. The molecule has 3 N–H and O–H groups in total. The molecule has 1 aliphatic rings.